The molecule has 2 N–H and O–H groups in total. The molecule has 28 heavy (non-hydrogen) atoms. The first-order valence-corrected chi connectivity index (χ1v) is 9.70. The first-order chi connectivity index (χ1) is 13.7. The Bertz CT molecular complexity index is 816. The predicted molar refractivity (Wildman–Crippen MR) is 108 cm³/mol. The van der Waals surface area contributed by atoms with Crippen LogP contribution in [0.5, 0.6) is 0 Å². The number of hydrogen-bond acceptors (Lipinski definition) is 7. The summed E-state index contributed by atoms with van der Waals surface area (Å²) in [5.74, 6) is 1.57. The Kier molecular flexibility index (Phi) is 5.68. The molecule has 0 spiro atoms. The second kappa shape index (κ2) is 8.53. The van der Waals surface area contributed by atoms with Crippen LogP contribution in [-0.4, -0.2) is 73.3 Å². The Labute approximate surface area is 164 Å². The maximum Gasteiger partial charge on any atom is 0.248 e. The molecule has 1 aromatic carbocycles. The lowest BCUT2D eigenvalue weighted by atomic mass is 10.1. The molecule has 1 amide bonds. The fourth-order valence-electron chi connectivity index (χ4n) is 3.69. The Morgan fingerprint density at radius 3 is 2.32 bits per heavy atom. The number of nitrogens with two attached hydrogens (primary N) is 1. The number of anilines is 2. The quantitative estimate of drug-likeness (QED) is 0.816. The molecule has 8 nitrogen and oxygen atoms in total. The van der Waals surface area contributed by atoms with E-state index in [1.165, 1.54) is 0 Å². The molecule has 0 saturated carbocycles. The van der Waals surface area contributed by atoms with Crippen molar-refractivity contribution in [1.29, 1.82) is 0 Å². The molecule has 8 heteroatoms. The number of nitrogens with zero attached hydrogens (tertiary/aromatic N) is 5. The summed E-state index contributed by atoms with van der Waals surface area (Å²) < 4.78 is 5.42. The predicted octanol–water partition coefficient (Wildman–Crippen LogP) is 0.734. The number of piperazine rings is 1. The van der Waals surface area contributed by atoms with Gasteiger partial charge in [0.1, 0.15) is 18.0 Å². The number of amides is 1. The Hall–Kier alpha value is -2.71. The summed E-state index contributed by atoms with van der Waals surface area (Å²) in [5.41, 5.74) is 7.06. The van der Waals surface area contributed by atoms with Crippen LogP contribution in [0.2, 0.25) is 0 Å². The molecule has 3 heterocycles. The van der Waals surface area contributed by atoms with Crippen LogP contribution in [0.1, 0.15) is 15.9 Å². The summed E-state index contributed by atoms with van der Waals surface area (Å²) in [5, 5.41) is 0. The summed E-state index contributed by atoms with van der Waals surface area (Å²) >= 11 is 0. The SMILES string of the molecule is NC(=O)c1cccc(CN2CCN(c3cc(N4CCOCC4)ncn3)CC2)c1. The van der Waals surface area contributed by atoms with E-state index in [2.05, 4.69) is 30.7 Å². The van der Waals surface area contributed by atoms with E-state index in [1.54, 1.807) is 12.4 Å². The van der Waals surface area contributed by atoms with Gasteiger partial charge in [-0.1, -0.05) is 12.1 Å². The van der Waals surface area contributed by atoms with Crippen molar-refractivity contribution in [2.45, 2.75) is 6.54 Å². The fraction of sp³-hybridized carbons (Fsp3) is 0.450. The highest BCUT2D eigenvalue weighted by molar-refractivity contribution is 5.92. The maximum atomic E-state index is 11.4. The second-order valence-corrected chi connectivity index (χ2v) is 7.16. The molecule has 0 unspecified atom stereocenters. The summed E-state index contributed by atoms with van der Waals surface area (Å²) in [6, 6.07) is 9.65. The second-order valence-electron chi connectivity index (χ2n) is 7.16. The average molecular weight is 382 g/mol. The number of benzene rings is 1. The first-order valence-electron chi connectivity index (χ1n) is 9.70. The van der Waals surface area contributed by atoms with Crippen LogP contribution in [0.4, 0.5) is 11.6 Å². The van der Waals surface area contributed by atoms with E-state index in [0.29, 0.717) is 5.56 Å². The zero-order valence-electron chi connectivity index (χ0n) is 16.0. The molecule has 0 aliphatic carbocycles. The summed E-state index contributed by atoms with van der Waals surface area (Å²) in [6.07, 6.45) is 1.65. The number of morpholine rings is 1. The number of ether oxygens (including phenoxy) is 1. The van der Waals surface area contributed by atoms with Gasteiger partial charge in [0.25, 0.3) is 0 Å². The summed E-state index contributed by atoms with van der Waals surface area (Å²) in [6.45, 7) is 7.75. The molecule has 4 rings (SSSR count). The third kappa shape index (κ3) is 4.40. The van der Waals surface area contributed by atoms with Crippen LogP contribution in [-0.2, 0) is 11.3 Å². The number of carbonyl (C=O) groups excluding carboxylic acids is 1. The van der Waals surface area contributed by atoms with Crippen molar-refractivity contribution >= 4 is 17.5 Å². The minimum Gasteiger partial charge on any atom is -0.378 e. The molecule has 1 aromatic heterocycles. The van der Waals surface area contributed by atoms with E-state index in [9.17, 15) is 4.79 Å². The van der Waals surface area contributed by atoms with Gasteiger partial charge in [0.2, 0.25) is 5.91 Å². The minimum absolute atomic E-state index is 0.383. The van der Waals surface area contributed by atoms with Crippen molar-refractivity contribution in [1.82, 2.24) is 14.9 Å². The Morgan fingerprint density at radius 1 is 0.964 bits per heavy atom. The monoisotopic (exact) mass is 382 g/mol. The molecule has 2 fully saturated rings. The zero-order chi connectivity index (χ0) is 19.3. The van der Waals surface area contributed by atoms with Gasteiger partial charge in [0.05, 0.1) is 13.2 Å². The van der Waals surface area contributed by atoms with Gasteiger partial charge in [0.15, 0.2) is 0 Å². The molecule has 2 aliphatic rings. The maximum absolute atomic E-state index is 11.4. The highest BCUT2D eigenvalue weighted by Crippen LogP contribution is 2.20. The Balaban J connectivity index is 1.35. The van der Waals surface area contributed by atoms with Crippen LogP contribution in [0, 0.1) is 0 Å². The molecule has 0 radical (unpaired) electrons. The van der Waals surface area contributed by atoms with Crippen molar-refractivity contribution < 1.29 is 9.53 Å². The number of aromatic nitrogens is 2. The molecule has 0 atom stereocenters. The van der Waals surface area contributed by atoms with Crippen LogP contribution < -0.4 is 15.5 Å². The van der Waals surface area contributed by atoms with E-state index >= 15 is 0 Å². The summed E-state index contributed by atoms with van der Waals surface area (Å²) in [7, 11) is 0. The smallest absolute Gasteiger partial charge is 0.248 e. The molecule has 0 bridgehead atoms. The highest BCUT2D eigenvalue weighted by atomic mass is 16.5. The normalized spacial score (nSPS) is 18.3. The lowest BCUT2D eigenvalue weighted by Crippen LogP contribution is -2.46. The van der Waals surface area contributed by atoms with E-state index in [-0.39, 0.29) is 5.91 Å². The van der Waals surface area contributed by atoms with E-state index in [0.717, 1.165) is 76.2 Å². The lowest BCUT2D eigenvalue weighted by molar-refractivity contribution is 0.1000. The third-order valence-corrected chi connectivity index (χ3v) is 5.29. The molecular weight excluding hydrogens is 356 g/mol. The van der Waals surface area contributed by atoms with Crippen LogP contribution in [0.3, 0.4) is 0 Å². The minimum atomic E-state index is -0.383. The number of rotatable bonds is 5. The topological polar surface area (TPSA) is 87.8 Å². The van der Waals surface area contributed by atoms with Gasteiger partial charge < -0.3 is 20.3 Å². The zero-order valence-corrected chi connectivity index (χ0v) is 16.0. The van der Waals surface area contributed by atoms with Crippen LogP contribution in [0.25, 0.3) is 0 Å². The van der Waals surface area contributed by atoms with Gasteiger partial charge in [-0.05, 0) is 17.7 Å². The third-order valence-electron chi connectivity index (χ3n) is 5.29. The van der Waals surface area contributed by atoms with Crippen molar-refractivity contribution in [2.75, 3.05) is 62.3 Å². The van der Waals surface area contributed by atoms with Crippen molar-refractivity contribution in [2.24, 2.45) is 5.73 Å². The number of carbonyl (C=O) groups is 1. The molecule has 2 aliphatic heterocycles. The van der Waals surface area contributed by atoms with Crippen LogP contribution in [0.15, 0.2) is 36.7 Å². The van der Waals surface area contributed by atoms with Crippen molar-refractivity contribution in [3.63, 3.8) is 0 Å². The average Bonchev–Trinajstić information content (AvgIpc) is 2.75. The molecule has 2 saturated heterocycles. The van der Waals surface area contributed by atoms with Gasteiger partial charge in [-0.3, -0.25) is 9.69 Å². The number of primary amides is 1. The summed E-state index contributed by atoms with van der Waals surface area (Å²) in [4.78, 5) is 27.2. The molecule has 2 aromatic rings. The van der Waals surface area contributed by atoms with Gasteiger partial charge in [-0.25, -0.2) is 9.97 Å². The van der Waals surface area contributed by atoms with Gasteiger partial charge >= 0.3 is 0 Å². The van der Waals surface area contributed by atoms with E-state index < -0.39 is 0 Å². The highest BCUT2D eigenvalue weighted by Gasteiger charge is 2.20. The standard InChI is InChI=1S/C20H26N6O2/c21-20(27)17-3-1-2-16(12-17)14-24-4-6-25(7-5-24)18-13-19(23-15-22-18)26-8-10-28-11-9-26/h1-3,12-13,15H,4-11,14H2,(H2,21,27). The van der Waals surface area contributed by atoms with Gasteiger partial charge in [-0.15, -0.1) is 0 Å². The largest absolute Gasteiger partial charge is 0.378 e. The Morgan fingerprint density at radius 2 is 1.64 bits per heavy atom. The molecular formula is C20H26N6O2. The van der Waals surface area contributed by atoms with Gasteiger partial charge in [-0.2, -0.15) is 0 Å². The van der Waals surface area contributed by atoms with Crippen molar-refractivity contribution in [3.8, 4) is 0 Å². The van der Waals surface area contributed by atoms with Crippen molar-refractivity contribution in [3.05, 3.63) is 47.8 Å². The van der Waals surface area contributed by atoms with Gasteiger partial charge in [0, 0.05) is 57.4 Å². The lowest BCUT2D eigenvalue weighted by Gasteiger charge is -2.36. The number of hydrogen-bond donors (Lipinski definition) is 1. The van der Waals surface area contributed by atoms with Crippen LogP contribution >= 0.6 is 0 Å². The fourth-order valence-corrected chi connectivity index (χ4v) is 3.69. The first kappa shape index (κ1) is 18.6. The van der Waals surface area contributed by atoms with E-state index in [1.807, 2.05) is 18.2 Å². The molecule has 148 valence electrons. The van der Waals surface area contributed by atoms with E-state index in [4.69, 9.17) is 10.5 Å².